The standard InChI is InChI=1S/C12H18N2O4S/c1-12(2,19(3,17)18)9-13-8-10-4-6-11(7-5-10)14(15)16/h4-7,13H,8-9H2,1-3H3. The van der Waals surface area contributed by atoms with Gasteiger partial charge in [-0.15, -0.1) is 0 Å². The lowest BCUT2D eigenvalue weighted by Crippen LogP contribution is -2.41. The lowest BCUT2D eigenvalue weighted by atomic mass is 10.2. The largest absolute Gasteiger partial charge is 0.311 e. The summed E-state index contributed by atoms with van der Waals surface area (Å²) in [7, 11) is -3.13. The molecule has 0 saturated carbocycles. The maximum atomic E-state index is 11.5. The normalized spacial score (nSPS) is 12.4. The van der Waals surface area contributed by atoms with Gasteiger partial charge in [0.05, 0.1) is 9.67 Å². The average Bonchev–Trinajstić information content (AvgIpc) is 2.28. The van der Waals surface area contributed by atoms with Crippen molar-refractivity contribution < 1.29 is 13.3 Å². The molecule has 1 rings (SSSR count). The van der Waals surface area contributed by atoms with Crippen molar-refractivity contribution in [3.05, 3.63) is 39.9 Å². The molecule has 0 unspecified atom stereocenters. The highest BCUT2D eigenvalue weighted by molar-refractivity contribution is 7.92. The summed E-state index contributed by atoms with van der Waals surface area (Å²) >= 11 is 0. The van der Waals surface area contributed by atoms with E-state index < -0.39 is 19.5 Å². The Morgan fingerprint density at radius 3 is 2.21 bits per heavy atom. The molecule has 1 aromatic rings. The van der Waals surface area contributed by atoms with Crippen LogP contribution in [0.1, 0.15) is 19.4 Å². The number of hydrogen-bond donors (Lipinski definition) is 1. The summed E-state index contributed by atoms with van der Waals surface area (Å²) in [5, 5.41) is 13.5. The number of rotatable bonds is 6. The molecule has 0 aromatic heterocycles. The van der Waals surface area contributed by atoms with Gasteiger partial charge in [-0.05, 0) is 19.4 Å². The number of benzene rings is 1. The first-order valence-electron chi connectivity index (χ1n) is 5.77. The molecule has 19 heavy (non-hydrogen) atoms. The van der Waals surface area contributed by atoms with Crippen LogP contribution in [-0.2, 0) is 16.4 Å². The topological polar surface area (TPSA) is 89.3 Å². The average molecular weight is 286 g/mol. The van der Waals surface area contributed by atoms with Crippen molar-refractivity contribution in [2.45, 2.75) is 25.1 Å². The second-order valence-corrected chi connectivity index (χ2v) is 7.71. The van der Waals surface area contributed by atoms with Crippen LogP contribution >= 0.6 is 0 Å². The smallest absolute Gasteiger partial charge is 0.269 e. The van der Waals surface area contributed by atoms with Gasteiger partial charge in [-0.1, -0.05) is 12.1 Å². The van der Waals surface area contributed by atoms with Crippen LogP contribution in [0.4, 0.5) is 5.69 Å². The molecule has 0 bridgehead atoms. The second kappa shape index (κ2) is 5.66. The molecule has 0 saturated heterocycles. The highest BCUT2D eigenvalue weighted by Crippen LogP contribution is 2.15. The maximum absolute atomic E-state index is 11.5. The fraction of sp³-hybridized carbons (Fsp3) is 0.500. The minimum Gasteiger partial charge on any atom is -0.311 e. The van der Waals surface area contributed by atoms with Gasteiger partial charge in [0.15, 0.2) is 9.84 Å². The van der Waals surface area contributed by atoms with Crippen LogP contribution in [0.15, 0.2) is 24.3 Å². The van der Waals surface area contributed by atoms with Gasteiger partial charge in [-0.25, -0.2) is 8.42 Å². The van der Waals surface area contributed by atoms with E-state index >= 15 is 0 Å². The van der Waals surface area contributed by atoms with Crippen molar-refractivity contribution >= 4 is 15.5 Å². The van der Waals surface area contributed by atoms with E-state index in [9.17, 15) is 18.5 Å². The third kappa shape index (κ3) is 4.29. The summed E-state index contributed by atoms with van der Waals surface area (Å²) in [4.78, 5) is 10.0. The van der Waals surface area contributed by atoms with Crippen LogP contribution in [0.5, 0.6) is 0 Å². The maximum Gasteiger partial charge on any atom is 0.269 e. The highest BCUT2D eigenvalue weighted by Gasteiger charge is 2.29. The molecule has 0 fully saturated rings. The van der Waals surface area contributed by atoms with Crippen LogP contribution in [0.2, 0.25) is 0 Å². The van der Waals surface area contributed by atoms with Gasteiger partial charge in [-0.3, -0.25) is 10.1 Å². The zero-order valence-electron chi connectivity index (χ0n) is 11.2. The fourth-order valence-corrected chi connectivity index (χ4v) is 1.74. The molecule has 1 aromatic carbocycles. The van der Waals surface area contributed by atoms with Crippen LogP contribution in [0, 0.1) is 10.1 Å². The third-order valence-corrected chi connectivity index (χ3v) is 5.18. The lowest BCUT2D eigenvalue weighted by Gasteiger charge is -2.22. The molecule has 106 valence electrons. The summed E-state index contributed by atoms with van der Waals surface area (Å²) in [6.07, 6.45) is 1.21. The molecule has 0 aliphatic rings. The molecular formula is C12H18N2O4S. The first-order chi connectivity index (χ1) is 8.63. The Balaban J connectivity index is 2.57. The van der Waals surface area contributed by atoms with E-state index in [-0.39, 0.29) is 5.69 Å². The van der Waals surface area contributed by atoms with Crippen molar-refractivity contribution in [2.75, 3.05) is 12.8 Å². The number of nitrogens with one attached hydrogen (secondary N) is 1. The Morgan fingerprint density at radius 1 is 1.26 bits per heavy atom. The van der Waals surface area contributed by atoms with Gasteiger partial charge >= 0.3 is 0 Å². The Labute approximate surface area is 112 Å². The van der Waals surface area contributed by atoms with Crippen molar-refractivity contribution in [3.8, 4) is 0 Å². The quantitative estimate of drug-likeness (QED) is 0.632. The van der Waals surface area contributed by atoms with Crippen LogP contribution in [0.3, 0.4) is 0 Å². The predicted octanol–water partition coefficient (Wildman–Crippen LogP) is 1.51. The molecule has 0 amide bonds. The molecule has 6 nitrogen and oxygen atoms in total. The zero-order chi connectivity index (χ0) is 14.7. The van der Waals surface area contributed by atoms with E-state index in [1.807, 2.05) is 0 Å². The van der Waals surface area contributed by atoms with Crippen LogP contribution in [-0.4, -0.2) is 30.9 Å². The molecule has 1 N–H and O–H groups in total. The Kier molecular flexibility index (Phi) is 4.65. The van der Waals surface area contributed by atoms with Crippen molar-refractivity contribution in [1.29, 1.82) is 0 Å². The van der Waals surface area contributed by atoms with Gasteiger partial charge in [0.1, 0.15) is 0 Å². The van der Waals surface area contributed by atoms with Gasteiger partial charge in [0.25, 0.3) is 5.69 Å². The number of nitrogens with zero attached hydrogens (tertiary/aromatic N) is 1. The van der Waals surface area contributed by atoms with Gasteiger partial charge < -0.3 is 5.32 Å². The van der Waals surface area contributed by atoms with Crippen molar-refractivity contribution in [2.24, 2.45) is 0 Å². The Hall–Kier alpha value is -1.47. The summed E-state index contributed by atoms with van der Waals surface area (Å²) in [5.74, 6) is 0. The van der Waals surface area contributed by atoms with Crippen LogP contribution in [0.25, 0.3) is 0 Å². The monoisotopic (exact) mass is 286 g/mol. The van der Waals surface area contributed by atoms with Crippen molar-refractivity contribution in [1.82, 2.24) is 5.32 Å². The first-order valence-corrected chi connectivity index (χ1v) is 7.66. The molecule has 7 heteroatoms. The van der Waals surface area contributed by atoms with Gasteiger partial charge in [0.2, 0.25) is 0 Å². The number of hydrogen-bond acceptors (Lipinski definition) is 5. The summed E-state index contributed by atoms with van der Waals surface area (Å²) in [6, 6.07) is 6.16. The molecule has 0 atom stereocenters. The molecule has 0 spiro atoms. The van der Waals surface area contributed by atoms with E-state index in [2.05, 4.69) is 5.32 Å². The summed E-state index contributed by atoms with van der Waals surface area (Å²) in [6.45, 7) is 4.11. The lowest BCUT2D eigenvalue weighted by molar-refractivity contribution is -0.384. The molecule has 0 aliphatic heterocycles. The van der Waals surface area contributed by atoms with E-state index in [4.69, 9.17) is 0 Å². The first kappa shape index (κ1) is 15.6. The number of nitro groups is 1. The van der Waals surface area contributed by atoms with Gasteiger partial charge in [0, 0.05) is 31.5 Å². The zero-order valence-corrected chi connectivity index (χ0v) is 12.0. The van der Waals surface area contributed by atoms with E-state index in [1.165, 1.54) is 18.4 Å². The SMILES string of the molecule is CC(C)(CNCc1ccc([N+](=O)[O-])cc1)S(C)(=O)=O. The van der Waals surface area contributed by atoms with Crippen molar-refractivity contribution in [3.63, 3.8) is 0 Å². The fourth-order valence-electron chi connectivity index (χ4n) is 1.37. The molecular weight excluding hydrogens is 268 g/mol. The van der Waals surface area contributed by atoms with Gasteiger partial charge in [-0.2, -0.15) is 0 Å². The van der Waals surface area contributed by atoms with E-state index in [0.29, 0.717) is 13.1 Å². The number of nitro benzene ring substituents is 1. The highest BCUT2D eigenvalue weighted by atomic mass is 32.2. The summed E-state index contributed by atoms with van der Waals surface area (Å²) < 4.78 is 22.2. The third-order valence-electron chi connectivity index (χ3n) is 3.03. The molecule has 0 aliphatic carbocycles. The Morgan fingerprint density at radius 2 is 1.79 bits per heavy atom. The summed E-state index contributed by atoms with van der Waals surface area (Å²) in [5.41, 5.74) is 0.912. The van der Waals surface area contributed by atoms with E-state index in [1.54, 1.807) is 26.0 Å². The minimum atomic E-state index is -3.13. The van der Waals surface area contributed by atoms with E-state index in [0.717, 1.165) is 5.56 Å². The number of non-ortho nitro benzene ring substituents is 1. The second-order valence-electron chi connectivity index (χ2n) is 5.06. The molecule has 0 radical (unpaired) electrons. The predicted molar refractivity (Wildman–Crippen MR) is 73.7 cm³/mol. The minimum absolute atomic E-state index is 0.0419. The number of sulfone groups is 1. The molecule has 0 heterocycles. The Bertz CT molecular complexity index is 550. The van der Waals surface area contributed by atoms with Crippen LogP contribution < -0.4 is 5.32 Å².